The summed E-state index contributed by atoms with van der Waals surface area (Å²) in [5.41, 5.74) is 4.05. The maximum atomic E-state index is 12.8. The van der Waals surface area contributed by atoms with Crippen LogP contribution in [0.4, 0.5) is 5.69 Å². The number of amides is 1. The number of nitrogens with zero attached hydrogens (tertiary/aromatic N) is 3. The van der Waals surface area contributed by atoms with Crippen LogP contribution in [0.5, 0.6) is 0 Å². The van der Waals surface area contributed by atoms with E-state index >= 15 is 0 Å². The quantitative estimate of drug-likeness (QED) is 0.513. The SMILES string of the molecule is Cc1cc(-c2ccccc2)nc2c(C(=O)Nc3ccc(Cl)c(Cl)c3)cnn12. The summed E-state index contributed by atoms with van der Waals surface area (Å²) in [6.07, 6.45) is 1.51. The lowest BCUT2D eigenvalue weighted by Gasteiger charge is -2.07. The Morgan fingerprint density at radius 2 is 1.81 bits per heavy atom. The number of benzene rings is 2. The number of aryl methyl sites for hydroxylation is 1. The molecule has 2 heterocycles. The van der Waals surface area contributed by atoms with E-state index < -0.39 is 0 Å². The molecule has 0 bridgehead atoms. The Kier molecular flexibility index (Phi) is 4.56. The molecule has 0 atom stereocenters. The monoisotopic (exact) mass is 396 g/mol. The second-order valence-electron chi connectivity index (χ2n) is 6.03. The van der Waals surface area contributed by atoms with Gasteiger partial charge in [0.15, 0.2) is 5.65 Å². The van der Waals surface area contributed by atoms with E-state index in [9.17, 15) is 4.79 Å². The summed E-state index contributed by atoms with van der Waals surface area (Å²) in [6.45, 7) is 1.93. The maximum absolute atomic E-state index is 12.8. The summed E-state index contributed by atoms with van der Waals surface area (Å²) in [6, 6.07) is 16.7. The average molecular weight is 397 g/mol. The van der Waals surface area contributed by atoms with Crippen molar-refractivity contribution in [1.29, 1.82) is 0 Å². The summed E-state index contributed by atoms with van der Waals surface area (Å²) in [5.74, 6) is -0.319. The number of halogens is 2. The van der Waals surface area contributed by atoms with Crippen LogP contribution in [0.2, 0.25) is 10.0 Å². The van der Waals surface area contributed by atoms with Crippen molar-refractivity contribution >= 4 is 40.4 Å². The number of rotatable bonds is 3. The topological polar surface area (TPSA) is 59.3 Å². The lowest BCUT2D eigenvalue weighted by molar-refractivity contribution is 0.102. The smallest absolute Gasteiger partial charge is 0.261 e. The van der Waals surface area contributed by atoms with Gasteiger partial charge in [-0.3, -0.25) is 4.79 Å². The summed E-state index contributed by atoms with van der Waals surface area (Å²) in [4.78, 5) is 17.4. The summed E-state index contributed by atoms with van der Waals surface area (Å²) >= 11 is 11.9. The number of nitrogens with one attached hydrogen (secondary N) is 1. The molecule has 0 saturated carbocycles. The predicted molar refractivity (Wildman–Crippen MR) is 108 cm³/mol. The molecule has 0 radical (unpaired) electrons. The molecule has 0 aliphatic carbocycles. The van der Waals surface area contributed by atoms with Gasteiger partial charge in [-0.15, -0.1) is 0 Å². The van der Waals surface area contributed by atoms with Gasteiger partial charge in [-0.25, -0.2) is 9.50 Å². The van der Waals surface area contributed by atoms with Gasteiger partial charge < -0.3 is 5.32 Å². The first-order valence-corrected chi connectivity index (χ1v) is 8.96. The fourth-order valence-corrected chi connectivity index (χ4v) is 3.10. The maximum Gasteiger partial charge on any atom is 0.261 e. The van der Waals surface area contributed by atoms with E-state index in [2.05, 4.69) is 15.4 Å². The zero-order chi connectivity index (χ0) is 19.0. The van der Waals surface area contributed by atoms with Crippen molar-refractivity contribution in [3.63, 3.8) is 0 Å². The van der Waals surface area contributed by atoms with Gasteiger partial charge in [0.05, 0.1) is 21.9 Å². The van der Waals surface area contributed by atoms with E-state index in [0.717, 1.165) is 17.0 Å². The number of aromatic nitrogens is 3. The Morgan fingerprint density at radius 3 is 2.56 bits per heavy atom. The molecule has 4 aromatic rings. The van der Waals surface area contributed by atoms with Gasteiger partial charge in [0.25, 0.3) is 5.91 Å². The minimum absolute atomic E-state index is 0.319. The number of carbonyl (C=O) groups excluding carboxylic acids is 1. The first kappa shape index (κ1) is 17.5. The molecule has 2 aromatic heterocycles. The first-order valence-electron chi connectivity index (χ1n) is 8.20. The molecule has 5 nitrogen and oxygen atoms in total. The molecule has 0 saturated heterocycles. The second kappa shape index (κ2) is 7.02. The van der Waals surface area contributed by atoms with Crippen LogP contribution >= 0.6 is 23.2 Å². The van der Waals surface area contributed by atoms with Crippen LogP contribution in [0.3, 0.4) is 0 Å². The van der Waals surface area contributed by atoms with E-state index in [0.29, 0.717) is 26.9 Å². The largest absolute Gasteiger partial charge is 0.322 e. The second-order valence-corrected chi connectivity index (χ2v) is 6.84. The van der Waals surface area contributed by atoms with Gasteiger partial charge in [0.2, 0.25) is 0 Å². The van der Waals surface area contributed by atoms with Crippen LogP contribution in [-0.2, 0) is 0 Å². The molecule has 4 rings (SSSR count). The number of hydrogen-bond acceptors (Lipinski definition) is 3. The Bertz CT molecular complexity index is 1160. The van der Waals surface area contributed by atoms with Gasteiger partial charge in [-0.2, -0.15) is 5.10 Å². The van der Waals surface area contributed by atoms with E-state index in [4.69, 9.17) is 23.2 Å². The molecule has 2 aromatic carbocycles. The van der Waals surface area contributed by atoms with Gasteiger partial charge in [0, 0.05) is 16.9 Å². The van der Waals surface area contributed by atoms with Crippen molar-refractivity contribution < 1.29 is 4.79 Å². The van der Waals surface area contributed by atoms with Gasteiger partial charge >= 0.3 is 0 Å². The molecule has 134 valence electrons. The number of fused-ring (bicyclic) bond motifs is 1. The molecule has 0 fully saturated rings. The molecule has 1 amide bonds. The molecular weight excluding hydrogens is 383 g/mol. The number of anilines is 1. The fraction of sp³-hybridized carbons (Fsp3) is 0.0500. The molecule has 0 aliphatic rings. The molecule has 1 N–H and O–H groups in total. The summed E-state index contributed by atoms with van der Waals surface area (Å²) < 4.78 is 1.65. The van der Waals surface area contributed by atoms with Crippen LogP contribution in [0, 0.1) is 6.92 Å². The minimum atomic E-state index is -0.319. The highest BCUT2D eigenvalue weighted by atomic mass is 35.5. The average Bonchev–Trinajstić information content (AvgIpc) is 3.10. The normalized spacial score (nSPS) is 10.9. The van der Waals surface area contributed by atoms with Crippen molar-refractivity contribution in [2.75, 3.05) is 5.32 Å². The molecule has 0 spiro atoms. The third kappa shape index (κ3) is 3.39. The van der Waals surface area contributed by atoms with Crippen molar-refractivity contribution in [3.8, 4) is 11.3 Å². The zero-order valence-corrected chi connectivity index (χ0v) is 15.8. The molecular formula is C20H14Cl2N4O. The minimum Gasteiger partial charge on any atom is -0.322 e. The molecule has 0 aliphatic heterocycles. The van der Waals surface area contributed by atoms with Crippen molar-refractivity contribution in [3.05, 3.63) is 82.1 Å². The molecule has 27 heavy (non-hydrogen) atoms. The standard InChI is InChI=1S/C20H14Cl2N4O/c1-12-9-18(13-5-3-2-4-6-13)25-19-15(11-23-26(12)19)20(27)24-14-7-8-16(21)17(22)10-14/h2-11H,1H3,(H,24,27). The Hall–Kier alpha value is -2.89. The lowest BCUT2D eigenvalue weighted by atomic mass is 10.1. The Morgan fingerprint density at radius 1 is 1.04 bits per heavy atom. The highest BCUT2D eigenvalue weighted by Crippen LogP contribution is 2.26. The summed E-state index contributed by atoms with van der Waals surface area (Å²) in [7, 11) is 0. The third-order valence-corrected chi connectivity index (χ3v) is 4.88. The Balaban J connectivity index is 1.74. The number of hydrogen-bond donors (Lipinski definition) is 1. The van der Waals surface area contributed by atoms with Gasteiger partial charge in [-0.05, 0) is 31.2 Å². The molecule has 7 heteroatoms. The van der Waals surface area contributed by atoms with E-state index in [-0.39, 0.29) is 5.91 Å². The van der Waals surface area contributed by atoms with Crippen LogP contribution in [0.25, 0.3) is 16.9 Å². The Labute approximate surface area is 165 Å². The highest BCUT2D eigenvalue weighted by Gasteiger charge is 2.17. The van der Waals surface area contributed by atoms with Gasteiger partial charge in [0.1, 0.15) is 5.56 Å². The predicted octanol–water partition coefficient (Wildman–Crippen LogP) is 5.26. The number of carbonyl (C=O) groups is 1. The van der Waals surface area contributed by atoms with Crippen LogP contribution in [0.1, 0.15) is 16.1 Å². The highest BCUT2D eigenvalue weighted by molar-refractivity contribution is 6.42. The van der Waals surface area contributed by atoms with Crippen LogP contribution in [0.15, 0.2) is 60.8 Å². The molecule has 0 unspecified atom stereocenters. The van der Waals surface area contributed by atoms with Crippen LogP contribution in [-0.4, -0.2) is 20.5 Å². The van der Waals surface area contributed by atoms with E-state index in [1.165, 1.54) is 6.20 Å². The zero-order valence-electron chi connectivity index (χ0n) is 14.3. The van der Waals surface area contributed by atoms with Crippen molar-refractivity contribution in [1.82, 2.24) is 14.6 Å². The van der Waals surface area contributed by atoms with E-state index in [1.54, 1.807) is 22.7 Å². The lowest BCUT2D eigenvalue weighted by Crippen LogP contribution is -2.12. The van der Waals surface area contributed by atoms with Crippen molar-refractivity contribution in [2.24, 2.45) is 0 Å². The fourth-order valence-electron chi connectivity index (χ4n) is 2.80. The van der Waals surface area contributed by atoms with Crippen molar-refractivity contribution in [2.45, 2.75) is 6.92 Å². The van der Waals surface area contributed by atoms with Crippen LogP contribution < -0.4 is 5.32 Å². The van der Waals surface area contributed by atoms with E-state index in [1.807, 2.05) is 43.3 Å². The first-order chi connectivity index (χ1) is 13.0. The van der Waals surface area contributed by atoms with Gasteiger partial charge in [-0.1, -0.05) is 53.5 Å². The summed E-state index contributed by atoms with van der Waals surface area (Å²) in [5, 5.41) is 7.90. The third-order valence-electron chi connectivity index (χ3n) is 4.14.